The first kappa shape index (κ1) is 22.7. The summed E-state index contributed by atoms with van der Waals surface area (Å²) in [6.45, 7) is 6.01. The largest absolute Gasteiger partial charge is 0.493 e. The van der Waals surface area contributed by atoms with Gasteiger partial charge in [0, 0.05) is 12.1 Å². The van der Waals surface area contributed by atoms with E-state index in [1.165, 1.54) is 6.33 Å². The average molecular weight is 476 g/mol. The van der Waals surface area contributed by atoms with Gasteiger partial charge in [-0.15, -0.1) is 0 Å². The maximum absolute atomic E-state index is 15.5. The number of carbonyl (C=O) groups is 1. The van der Waals surface area contributed by atoms with Crippen molar-refractivity contribution in [1.82, 2.24) is 25.4 Å². The molecule has 1 saturated heterocycles. The molecule has 1 fully saturated rings. The molecular formula is C21H23ClFN7O3. The molecule has 1 aliphatic heterocycles. The zero-order valence-electron chi connectivity index (χ0n) is 18.3. The molecule has 0 bridgehead atoms. The van der Waals surface area contributed by atoms with E-state index in [0.29, 0.717) is 42.3 Å². The molecule has 2 atom stereocenters. The summed E-state index contributed by atoms with van der Waals surface area (Å²) in [5.41, 5.74) is 6.95. The van der Waals surface area contributed by atoms with Crippen molar-refractivity contribution in [3.63, 3.8) is 0 Å². The zero-order chi connectivity index (χ0) is 23.7. The van der Waals surface area contributed by atoms with E-state index in [9.17, 15) is 4.79 Å². The summed E-state index contributed by atoms with van der Waals surface area (Å²) in [6, 6.07) is 1.11. The third kappa shape index (κ3) is 4.28. The van der Waals surface area contributed by atoms with Gasteiger partial charge in [-0.3, -0.25) is 4.79 Å². The van der Waals surface area contributed by atoms with Crippen LogP contribution < -0.4 is 21.1 Å². The van der Waals surface area contributed by atoms with E-state index in [4.69, 9.17) is 26.6 Å². The van der Waals surface area contributed by atoms with Crippen molar-refractivity contribution in [3.8, 4) is 17.2 Å². The van der Waals surface area contributed by atoms with Crippen LogP contribution in [0.15, 0.2) is 16.9 Å². The number of nitrogens with one attached hydrogen (secondary N) is 2. The fraction of sp³-hybridized carbons (Fsp3) is 0.381. The number of ether oxygens (including phenoxy) is 1. The summed E-state index contributed by atoms with van der Waals surface area (Å²) in [5, 5.41) is 9.56. The van der Waals surface area contributed by atoms with E-state index in [1.54, 1.807) is 26.8 Å². The third-order valence-electron chi connectivity index (χ3n) is 5.37. The van der Waals surface area contributed by atoms with Crippen molar-refractivity contribution in [1.29, 1.82) is 0 Å². The number of halogens is 2. The lowest BCUT2D eigenvalue weighted by molar-refractivity contribution is -0.120. The van der Waals surface area contributed by atoms with Crippen LogP contribution in [0.3, 0.4) is 0 Å². The molecule has 33 heavy (non-hydrogen) atoms. The summed E-state index contributed by atoms with van der Waals surface area (Å²) in [6.07, 6.45) is 1.75. The highest BCUT2D eigenvalue weighted by molar-refractivity contribution is 6.31. The molecule has 4 N–H and O–H groups in total. The number of rotatable bonds is 7. The van der Waals surface area contributed by atoms with Gasteiger partial charge in [0.05, 0.1) is 23.6 Å². The van der Waals surface area contributed by atoms with Crippen molar-refractivity contribution in [3.05, 3.63) is 40.2 Å². The molecule has 4 rings (SSSR count). The molecule has 3 heterocycles. The molecule has 0 aliphatic carbocycles. The number of anilines is 2. The number of hydrogen-bond acceptors (Lipinski definition) is 9. The summed E-state index contributed by atoms with van der Waals surface area (Å²) >= 11 is 6.45. The van der Waals surface area contributed by atoms with Crippen LogP contribution in [0.2, 0.25) is 5.02 Å². The van der Waals surface area contributed by atoms with E-state index in [1.807, 2.05) is 0 Å². The van der Waals surface area contributed by atoms with E-state index >= 15 is 4.39 Å². The van der Waals surface area contributed by atoms with Gasteiger partial charge in [0.1, 0.15) is 35.1 Å². The van der Waals surface area contributed by atoms with Crippen molar-refractivity contribution >= 4 is 29.1 Å². The monoisotopic (exact) mass is 475 g/mol. The molecule has 1 aliphatic rings. The fourth-order valence-corrected chi connectivity index (χ4v) is 4.14. The lowest BCUT2D eigenvalue weighted by atomic mass is 9.93. The van der Waals surface area contributed by atoms with Crippen LogP contribution in [0, 0.1) is 12.7 Å². The molecule has 12 heteroatoms. The Hall–Kier alpha value is -3.47. The summed E-state index contributed by atoms with van der Waals surface area (Å²) in [7, 11) is 0. The van der Waals surface area contributed by atoms with Crippen molar-refractivity contribution in [2.24, 2.45) is 0 Å². The van der Waals surface area contributed by atoms with Gasteiger partial charge in [-0.25, -0.2) is 14.4 Å². The fourth-order valence-electron chi connectivity index (χ4n) is 3.82. The van der Waals surface area contributed by atoms with Crippen LogP contribution in [0.1, 0.15) is 49.2 Å². The Morgan fingerprint density at radius 3 is 2.88 bits per heavy atom. The van der Waals surface area contributed by atoms with Crippen molar-refractivity contribution < 1.29 is 18.4 Å². The SMILES string of the molecule is CCOc1cc([C@@H](C)Nc2ncnc(N)c2-c2nc(C)no2)c(Cl)c(F)c1[C@H]1CCNC1=O. The molecule has 174 valence electrons. The van der Waals surface area contributed by atoms with Crippen LogP contribution in [0.25, 0.3) is 11.5 Å². The highest BCUT2D eigenvalue weighted by Crippen LogP contribution is 2.41. The Balaban J connectivity index is 1.73. The first-order valence-corrected chi connectivity index (χ1v) is 10.8. The van der Waals surface area contributed by atoms with Gasteiger partial charge in [-0.05, 0) is 38.8 Å². The minimum atomic E-state index is -0.678. The number of aryl methyl sites for hydroxylation is 1. The van der Waals surface area contributed by atoms with Crippen molar-refractivity contribution in [2.45, 2.75) is 39.2 Å². The molecule has 1 aromatic carbocycles. The molecule has 0 unspecified atom stereocenters. The maximum atomic E-state index is 15.5. The molecular weight excluding hydrogens is 453 g/mol. The highest BCUT2D eigenvalue weighted by atomic mass is 35.5. The lowest BCUT2D eigenvalue weighted by Crippen LogP contribution is -2.20. The number of aromatic nitrogens is 4. The molecule has 0 radical (unpaired) electrons. The second kappa shape index (κ2) is 9.18. The van der Waals surface area contributed by atoms with Crippen LogP contribution in [-0.4, -0.2) is 39.2 Å². The summed E-state index contributed by atoms with van der Waals surface area (Å²) in [4.78, 5) is 24.7. The van der Waals surface area contributed by atoms with Gasteiger partial charge >= 0.3 is 0 Å². The van der Waals surface area contributed by atoms with Crippen LogP contribution in [-0.2, 0) is 4.79 Å². The third-order valence-corrected chi connectivity index (χ3v) is 5.75. The molecule has 2 aromatic heterocycles. The second-order valence-corrected chi connectivity index (χ2v) is 7.94. The molecule has 1 amide bonds. The van der Waals surface area contributed by atoms with Crippen molar-refractivity contribution in [2.75, 3.05) is 24.2 Å². The number of carbonyl (C=O) groups excluding carboxylic acids is 1. The van der Waals surface area contributed by atoms with Gasteiger partial charge in [-0.2, -0.15) is 4.98 Å². The summed E-state index contributed by atoms with van der Waals surface area (Å²) in [5.74, 6) is -0.287. The Morgan fingerprint density at radius 2 is 2.24 bits per heavy atom. The highest BCUT2D eigenvalue weighted by Gasteiger charge is 2.34. The lowest BCUT2D eigenvalue weighted by Gasteiger charge is -2.22. The van der Waals surface area contributed by atoms with E-state index < -0.39 is 17.8 Å². The predicted molar refractivity (Wildman–Crippen MR) is 119 cm³/mol. The number of hydrogen-bond donors (Lipinski definition) is 3. The van der Waals surface area contributed by atoms with Gasteiger partial charge in [0.25, 0.3) is 5.89 Å². The Bertz CT molecular complexity index is 1200. The van der Waals surface area contributed by atoms with E-state index in [0.717, 1.165) is 0 Å². The minimum Gasteiger partial charge on any atom is -0.493 e. The zero-order valence-corrected chi connectivity index (χ0v) is 19.0. The topological polar surface area (TPSA) is 141 Å². The number of nitrogens with two attached hydrogens (primary N) is 1. The van der Waals surface area contributed by atoms with Crippen LogP contribution >= 0.6 is 11.6 Å². The van der Waals surface area contributed by atoms with E-state index in [-0.39, 0.29) is 34.0 Å². The van der Waals surface area contributed by atoms with Gasteiger partial charge in [0.2, 0.25) is 5.91 Å². The Labute approximate surface area is 194 Å². The van der Waals surface area contributed by atoms with Gasteiger partial charge in [0.15, 0.2) is 5.82 Å². The Kier molecular flexibility index (Phi) is 6.32. The molecule has 0 saturated carbocycles. The standard InChI is InChI=1S/C21H23ClFN7O3/c1-4-32-13-7-12(16(22)17(23)14(13)11-5-6-25-20(11)31)9(2)28-19-15(18(24)26-8-27-19)21-29-10(3)30-33-21/h7-9,11H,4-6H2,1-3H3,(H,25,31)(H3,24,26,27,28)/t9-,11-/m1/s1. The average Bonchev–Trinajstić information content (AvgIpc) is 3.39. The number of nitrogen functional groups attached to an aromatic ring is 1. The molecule has 3 aromatic rings. The van der Waals surface area contributed by atoms with Gasteiger partial charge in [-0.1, -0.05) is 16.8 Å². The number of benzene rings is 1. The molecule has 10 nitrogen and oxygen atoms in total. The second-order valence-electron chi connectivity index (χ2n) is 7.57. The first-order chi connectivity index (χ1) is 15.8. The normalized spacial score (nSPS) is 16.5. The maximum Gasteiger partial charge on any atom is 0.265 e. The van der Waals surface area contributed by atoms with E-state index in [2.05, 4.69) is 30.7 Å². The smallest absolute Gasteiger partial charge is 0.265 e. The quantitative estimate of drug-likeness (QED) is 0.468. The first-order valence-electron chi connectivity index (χ1n) is 10.4. The number of amides is 1. The minimum absolute atomic E-state index is 0.106. The van der Waals surface area contributed by atoms with Crippen LogP contribution in [0.4, 0.5) is 16.0 Å². The Morgan fingerprint density at radius 1 is 1.45 bits per heavy atom. The van der Waals surface area contributed by atoms with Gasteiger partial charge < -0.3 is 25.6 Å². The number of nitrogens with zero attached hydrogens (tertiary/aromatic N) is 4. The van der Waals surface area contributed by atoms with Crippen LogP contribution in [0.5, 0.6) is 5.75 Å². The molecule has 0 spiro atoms. The predicted octanol–water partition coefficient (Wildman–Crippen LogP) is 3.39. The summed E-state index contributed by atoms with van der Waals surface area (Å²) < 4.78 is 26.4.